The number of pyridine rings is 1. The molecule has 0 saturated heterocycles. The predicted octanol–water partition coefficient (Wildman–Crippen LogP) is 4.41. The summed E-state index contributed by atoms with van der Waals surface area (Å²) in [5.41, 5.74) is 5.51. The van der Waals surface area contributed by atoms with Crippen molar-refractivity contribution in [3.05, 3.63) is 53.9 Å². The summed E-state index contributed by atoms with van der Waals surface area (Å²) < 4.78 is 7.36. The van der Waals surface area contributed by atoms with Crippen LogP contribution in [0.2, 0.25) is 0 Å². The highest BCUT2D eigenvalue weighted by molar-refractivity contribution is 5.85. The van der Waals surface area contributed by atoms with E-state index < -0.39 is 0 Å². The highest BCUT2D eigenvalue weighted by Crippen LogP contribution is 2.28. The van der Waals surface area contributed by atoms with E-state index in [2.05, 4.69) is 26.5 Å². The molecule has 0 radical (unpaired) electrons. The topological polar surface area (TPSA) is 52.3 Å². The number of nitrogens with zero attached hydrogens (tertiary/aromatic N) is 4. The molecule has 0 saturated carbocycles. The quantitative estimate of drug-likeness (QED) is 0.519. The lowest BCUT2D eigenvalue weighted by molar-refractivity contribution is 0.399. The summed E-state index contributed by atoms with van der Waals surface area (Å²) in [6.07, 6.45) is 0. The second-order valence-electron chi connectivity index (χ2n) is 5.46. The third-order valence-electron chi connectivity index (χ3n) is 3.96. The van der Waals surface area contributed by atoms with E-state index in [9.17, 15) is 0 Å². The van der Waals surface area contributed by atoms with Crippen LogP contribution in [0.15, 0.2) is 42.5 Å². The lowest BCUT2D eigenvalue weighted by Crippen LogP contribution is -2.00. The van der Waals surface area contributed by atoms with Crippen LogP contribution in [0.1, 0.15) is 11.4 Å². The van der Waals surface area contributed by atoms with Crippen molar-refractivity contribution in [3.63, 3.8) is 0 Å². The Labute approximate surface area is 157 Å². The Bertz CT molecular complexity index is 1030. The van der Waals surface area contributed by atoms with Gasteiger partial charge in [-0.25, -0.2) is 9.97 Å². The molecule has 0 bridgehead atoms. The van der Waals surface area contributed by atoms with Crippen LogP contribution in [0.5, 0.6) is 5.88 Å². The van der Waals surface area contributed by atoms with Crippen LogP contribution in [0.4, 0.5) is 0 Å². The van der Waals surface area contributed by atoms with Gasteiger partial charge in [0.15, 0.2) is 5.65 Å². The van der Waals surface area contributed by atoms with E-state index in [4.69, 9.17) is 9.72 Å². The van der Waals surface area contributed by atoms with Crippen molar-refractivity contribution in [2.75, 3.05) is 7.11 Å². The molecule has 0 N–H and O–H groups in total. The van der Waals surface area contributed by atoms with E-state index >= 15 is 0 Å². The number of rotatable bonds is 2. The average Bonchev–Trinajstić information content (AvgIpc) is 2.94. The molecule has 5 nitrogen and oxygen atoms in total. The van der Waals surface area contributed by atoms with Gasteiger partial charge in [-0.15, -0.1) is 24.8 Å². The van der Waals surface area contributed by atoms with Crippen molar-refractivity contribution in [2.45, 2.75) is 13.8 Å². The predicted molar refractivity (Wildman–Crippen MR) is 104 cm³/mol. The van der Waals surface area contributed by atoms with Crippen LogP contribution in [-0.4, -0.2) is 26.5 Å². The standard InChI is InChI=1S/C18H16N4O.2ClH/c1-11-16-12(2)20-17(13-7-5-4-6-8-13)22(16)18-14(19-11)9-10-15(21-18)23-3;;/h4-10H,1-3H3;2*1H. The molecule has 3 heterocycles. The van der Waals surface area contributed by atoms with Crippen molar-refractivity contribution in [1.29, 1.82) is 0 Å². The molecule has 0 atom stereocenters. The van der Waals surface area contributed by atoms with Gasteiger partial charge in [-0.2, -0.15) is 4.98 Å². The highest BCUT2D eigenvalue weighted by atomic mass is 35.5. The second kappa shape index (κ2) is 7.25. The van der Waals surface area contributed by atoms with Gasteiger partial charge in [0.05, 0.1) is 24.0 Å². The summed E-state index contributed by atoms with van der Waals surface area (Å²) in [6, 6.07) is 13.9. The summed E-state index contributed by atoms with van der Waals surface area (Å²) in [5.74, 6) is 1.43. The molecule has 0 aliphatic carbocycles. The Hall–Kier alpha value is -2.37. The number of benzene rings is 1. The minimum absolute atomic E-state index is 0. The monoisotopic (exact) mass is 376 g/mol. The fraction of sp³-hybridized carbons (Fsp3) is 0.167. The summed E-state index contributed by atoms with van der Waals surface area (Å²) in [4.78, 5) is 14.0. The summed E-state index contributed by atoms with van der Waals surface area (Å²) in [6.45, 7) is 4.00. The Morgan fingerprint density at radius 3 is 2.20 bits per heavy atom. The van der Waals surface area contributed by atoms with E-state index in [0.29, 0.717) is 5.88 Å². The van der Waals surface area contributed by atoms with Gasteiger partial charge in [-0.05, 0) is 19.9 Å². The van der Waals surface area contributed by atoms with Crippen molar-refractivity contribution in [3.8, 4) is 17.3 Å². The summed E-state index contributed by atoms with van der Waals surface area (Å²) in [7, 11) is 1.62. The van der Waals surface area contributed by atoms with Crippen molar-refractivity contribution in [2.24, 2.45) is 0 Å². The van der Waals surface area contributed by atoms with Crippen molar-refractivity contribution >= 4 is 41.5 Å². The Balaban J connectivity index is 0.00000113. The number of hydrogen-bond donors (Lipinski definition) is 0. The largest absolute Gasteiger partial charge is 0.481 e. The molecular formula is C18H18Cl2N4O. The minimum Gasteiger partial charge on any atom is -0.481 e. The lowest BCUT2D eigenvalue weighted by Gasteiger charge is -2.08. The van der Waals surface area contributed by atoms with Gasteiger partial charge in [-0.1, -0.05) is 30.3 Å². The van der Waals surface area contributed by atoms with Gasteiger partial charge in [-0.3, -0.25) is 4.40 Å². The van der Waals surface area contributed by atoms with Gasteiger partial charge in [0.2, 0.25) is 5.88 Å². The molecule has 0 aliphatic rings. The normalized spacial score (nSPS) is 10.4. The van der Waals surface area contributed by atoms with Crippen LogP contribution in [0, 0.1) is 13.8 Å². The first kappa shape index (κ1) is 19.0. The molecule has 25 heavy (non-hydrogen) atoms. The SMILES string of the molecule is COc1ccc2nc(C)c3c(C)nc(-c4ccccc4)n3c2n1.Cl.Cl. The smallest absolute Gasteiger partial charge is 0.215 e. The molecule has 0 aliphatic heterocycles. The molecule has 0 spiro atoms. The zero-order valence-electron chi connectivity index (χ0n) is 14.1. The number of fused-ring (bicyclic) bond motifs is 3. The number of hydrogen-bond acceptors (Lipinski definition) is 4. The fourth-order valence-corrected chi connectivity index (χ4v) is 2.96. The van der Waals surface area contributed by atoms with E-state index in [1.165, 1.54) is 0 Å². The van der Waals surface area contributed by atoms with E-state index in [1.807, 2.05) is 44.2 Å². The zero-order valence-corrected chi connectivity index (χ0v) is 15.7. The van der Waals surface area contributed by atoms with Crippen molar-refractivity contribution in [1.82, 2.24) is 19.4 Å². The molecule has 0 unspecified atom stereocenters. The average molecular weight is 377 g/mol. The van der Waals surface area contributed by atoms with Crippen LogP contribution in [0.25, 0.3) is 28.1 Å². The van der Waals surface area contributed by atoms with Crippen LogP contribution in [0.3, 0.4) is 0 Å². The third-order valence-corrected chi connectivity index (χ3v) is 3.96. The molecule has 130 valence electrons. The second-order valence-corrected chi connectivity index (χ2v) is 5.46. The first-order valence-electron chi connectivity index (χ1n) is 7.45. The molecule has 3 aromatic heterocycles. The molecule has 4 rings (SSSR count). The molecule has 4 aromatic rings. The van der Waals surface area contributed by atoms with Crippen LogP contribution < -0.4 is 4.74 Å². The lowest BCUT2D eigenvalue weighted by atomic mass is 10.2. The number of aromatic nitrogens is 4. The molecule has 1 aromatic carbocycles. The number of aryl methyl sites for hydroxylation is 2. The van der Waals surface area contributed by atoms with Gasteiger partial charge in [0.1, 0.15) is 11.3 Å². The van der Waals surface area contributed by atoms with Gasteiger partial charge in [0, 0.05) is 11.6 Å². The minimum atomic E-state index is 0. The Morgan fingerprint density at radius 2 is 1.52 bits per heavy atom. The number of methoxy groups -OCH3 is 1. The van der Waals surface area contributed by atoms with E-state index in [0.717, 1.165) is 39.5 Å². The van der Waals surface area contributed by atoms with E-state index in [-0.39, 0.29) is 24.8 Å². The van der Waals surface area contributed by atoms with Gasteiger partial charge < -0.3 is 4.74 Å². The number of halogens is 2. The maximum atomic E-state index is 5.28. The summed E-state index contributed by atoms with van der Waals surface area (Å²) >= 11 is 0. The Kier molecular flexibility index (Phi) is 5.50. The van der Waals surface area contributed by atoms with E-state index in [1.54, 1.807) is 7.11 Å². The summed E-state index contributed by atoms with van der Waals surface area (Å²) in [5, 5.41) is 0. The molecular weight excluding hydrogens is 359 g/mol. The third kappa shape index (κ3) is 3.01. The molecule has 0 amide bonds. The fourth-order valence-electron chi connectivity index (χ4n) is 2.96. The number of imidazole rings is 1. The Morgan fingerprint density at radius 1 is 0.840 bits per heavy atom. The molecule has 0 fully saturated rings. The first-order valence-corrected chi connectivity index (χ1v) is 7.45. The van der Waals surface area contributed by atoms with Crippen molar-refractivity contribution < 1.29 is 4.74 Å². The zero-order chi connectivity index (χ0) is 16.0. The van der Waals surface area contributed by atoms with Gasteiger partial charge in [0.25, 0.3) is 0 Å². The van der Waals surface area contributed by atoms with Gasteiger partial charge >= 0.3 is 0 Å². The highest BCUT2D eigenvalue weighted by Gasteiger charge is 2.17. The molecule has 7 heteroatoms. The maximum Gasteiger partial charge on any atom is 0.215 e. The van der Waals surface area contributed by atoms with Crippen LogP contribution >= 0.6 is 24.8 Å². The number of ether oxygens (including phenoxy) is 1. The van der Waals surface area contributed by atoms with Crippen LogP contribution in [-0.2, 0) is 0 Å². The maximum absolute atomic E-state index is 5.28. The first-order chi connectivity index (χ1) is 11.2.